The largest absolute Gasteiger partial charge is 0.383 e. The van der Waals surface area contributed by atoms with Crippen LogP contribution in [0.15, 0.2) is 6.07 Å². The van der Waals surface area contributed by atoms with Crippen LogP contribution in [0.2, 0.25) is 5.28 Å². The van der Waals surface area contributed by atoms with E-state index in [1.54, 1.807) is 6.07 Å². The molecular formula is C11H19ClN4. The Balaban J connectivity index is 2.94. The lowest BCUT2D eigenvalue weighted by Crippen LogP contribution is -2.39. The zero-order valence-corrected chi connectivity index (χ0v) is 11.0. The molecule has 1 aromatic rings. The zero-order valence-electron chi connectivity index (χ0n) is 10.2. The van der Waals surface area contributed by atoms with Gasteiger partial charge in [-0.05, 0) is 30.9 Å². The van der Waals surface area contributed by atoms with Crippen LogP contribution in [0, 0.1) is 5.92 Å². The van der Waals surface area contributed by atoms with Crippen LogP contribution in [-0.2, 0) is 0 Å². The summed E-state index contributed by atoms with van der Waals surface area (Å²) >= 11 is 5.76. The van der Waals surface area contributed by atoms with Crippen molar-refractivity contribution in [1.82, 2.24) is 9.97 Å². The molecule has 0 aliphatic carbocycles. The van der Waals surface area contributed by atoms with Crippen LogP contribution in [0.4, 0.5) is 11.6 Å². The molecule has 0 saturated heterocycles. The highest BCUT2D eigenvalue weighted by Crippen LogP contribution is 2.26. The fourth-order valence-corrected chi connectivity index (χ4v) is 1.62. The number of anilines is 2. The summed E-state index contributed by atoms with van der Waals surface area (Å²) in [5.74, 6) is 1.53. The first kappa shape index (κ1) is 13.0. The first-order valence-electron chi connectivity index (χ1n) is 5.45. The third-order valence-electron chi connectivity index (χ3n) is 3.14. The molecule has 0 bridgehead atoms. The van der Waals surface area contributed by atoms with E-state index < -0.39 is 0 Å². The lowest BCUT2D eigenvalue weighted by molar-refractivity contribution is 0.360. The number of rotatable bonds is 4. The summed E-state index contributed by atoms with van der Waals surface area (Å²) in [4.78, 5) is 7.94. The van der Waals surface area contributed by atoms with Crippen LogP contribution in [0.25, 0.3) is 0 Å². The maximum Gasteiger partial charge on any atom is 0.226 e. The molecule has 1 unspecified atom stereocenters. The summed E-state index contributed by atoms with van der Waals surface area (Å²) in [6.45, 7) is 8.63. The number of hydrogen-bond acceptors (Lipinski definition) is 4. The van der Waals surface area contributed by atoms with Gasteiger partial charge in [-0.15, -0.1) is 0 Å². The van der Waals surface area contributed by atoms with Crippen LogP contribution in [0.1, 0.15) is 34.1 Å². The molecule has 0 aliphatic heterocycles. The lowest BCUT2D eigenvalue weighted by Gasteiger charge is -2.34. The Hall–Kier alpha value is -1.03. The Morgan fingerprint density at radius 3 is 2.56 bits per heavy atom. The van der Waals surface area contributed by atoms with Gasteiger partial charge in [-0.2, -0.15) is 0 Å². The van der Waals surface area contributed by atoms with Crippen molar-refractivity contribution in [3.05, 3.63) is 11.3 Å². The number of nitrogen functional groups attached to an aromatic ring is 1. The molecule has 5 heteroatoms. The predicted octanol–water partition coefficient (Wildman–Crippen LogP) is 2.95. The van der Waals surface area contributed by atoms with E-state index in [-0.39, 0.29) is 10.8 Å². The Labute approximate surface area is 102 Å². The highest BCUT2D eigenvalue weighted by Gasteiger charge is 2.26. The SMILES string of the molecule is CCC(C)(Nc1cc(N)nc(Cl)n1)C(C)C. The summed E-state index contributed by atoms with van der Waals surface area (Å²) in [7, 11) is 0. The molecule has 0 spiro atoms. The van der Waals surface area contributed by atoms with Crippen molar-refractivity contribution in [2.24, 2.45) is 5.92 Å². The van der Waals surface area contributed by atoms with E-state index in [1.807, 2.05) is 0 Å². The smallest absolute Gasteiger partial charge is 0.226 e. The van der Waals surface area contributed by atoms with E-state index in [0.29, 0.717) is 17.6 Å². The summed E-state index contributed by atoms with van der Waals surface area (Å²) in [6, 6.07) is 1.70. The zero-order chi connectivity index (χ0) is 12.3. The molecule has 1 heterocycles. The minimum Gasteiger partial charge on any atom is -0.383 e. The Bertz CT molecular complexity index is 347. The predicted molar refractivity (Wildman–Crippen MR) is 68.6 cm³/mol. The van der Waals surface area contributed by atoms with Crippen LogP contribution >= 0.6 is 11.6 Å². The molecule has 4 nitrogen and oxygen atoms in total. The maximum absolute atomic E-state index is 5.76. The fraction of sp³-hybridized carbons (Fsp3) is 0.636. The van der Waals surface area contributed by atoms with Gasteiger partial charge in [0.1, 0.15) is 11.6 Å². The van der Waals surface area contributed by atoms with Gasteiger partial charge in [-0.3, -0.25) is 0 Å². The molecule has 3 N–H and O–H groups in total. The van der Waals surface area contributed by atoms with E-state index in [1.165, 1.54) is 0 Å². The molecule has 0 amide bonds. The Morgan fingerprint density at radius 2 is 2.12 bits per heavy atom. The van der Waals surface area contributed by atoms with Gasteiger partial charge in [0, 0.05) is 11.6 Å². The minimum absolute atomic E-state index is 0.0237. The van der Waals surface area contributed by atoms with Crippen LogP contribution < -0.4 is 11.1 Å². The average molecular weight is 243 g/mol. The highest BCUT2D eigenvalue weighted by molar-refractivity contribution is 6.28. The molecule has 1 aromatic heterocycles. The van der Waals surface area contributed by atoms with Crippen molar-refractivity contribution in [1.29, 1.82) is 0 Å². The number of halogens is 1. The second-order valence-corrected chi connectivity index (χ2v) is 4.84. The first-order valence-corrected chi connectivity index (χ1v) is 5.83. The van der Waals surface area contributed by atoms with E-state index >= 15 is 0 Å². The fourth-order valence-electron chi connectivity index (χ4n) is 1.43. The van der Waals surface area contributed by atoms with Gasteiger partial charge in [-0.25, -0.2) is 9.97 Å². The topological polar surface area (TPSA) is 63.8 Å². The van der Waals surface area contributed by atoms with Gasteiger partial charge in [0.2, 0.25) is 5.28 Å². The normalized spacial score (nSPS) is 14.9. The van der Waals surface area contributed by atoms with Crippen LogP contribution in [0.3, 0.4) is 0 Å². The molecule has 0 radical (unpaired) electrons. The maximum atomic E-state index is 5.76. The summed E-state index contributed by atoms with van der Waals surface area (Å²) in [5, 5.41) is 3.54. The molecule has 1 rings (SSSR count). The molecule has 90 valence electrons. The molecule has 16 heavy (non-hydrogen) atoms. The number of nitrogens with zero attached hydrogens (tertiary/aromatic N) is 2. The van der Waals surface area contributed by atoms with Crippen LogP contribution in [0.5, 0.6) is 0 Å². The van der Waals surface area contributed by atoms with Crippen molar-refractivity contribution >= 4 is 23.2 Å². The lowest BCUT2D eigenvalue weighted by atomic mass is 9.86. The second-order valence-electron chi connectivity index (χ2n) is 4.50. The highest BCUT2D eigenvalue weighted by atomic mass is 35.5. The number of nitrogens with one attached hydrogen (secondary N) is 1. The molecule has 0 aromatic carbocycles. The van der Waals surface area contributed by atoms with E-state index in [2.05, 4.69) is 43.0 Å². The second kappa shape index (κ2) is 4.87. The molecule has 0 aliphatic rings. The Kier molecular flexibility index (Phi) is 3.97. The standard InChI is InChI=1S/C11H19ClN4/c1-5-11(4,7(2)3)16-9-6-8(13)14-10(12)15-9/h6-7H,5H2,1-4H3,(H3,13,14,15,16). The van der Waals surface area contributed by atoms with Crippen molar-refractivity contribution in [2.75, 3.05) is 11.1 Å². The molecule has 0 saturated carbocycles. The van der Waals surface area contributed by atoms with Gasteiger partial charge < -0.3 is 11.1 Å². The monoisotopic (exact) mass is 242 g/mol. The van der Waals surface area contributed by atoms with Crippen LogP contribution in [-0.4, -0.2) is 15.5 Å². The number of hydrogen-bond donors (Lipinski definition) is 2. The van der Waals surface area contributed by atoms with E-state index in [0.717, 1.165) is 6.42 Å². The number of nitrogens with two attached hydrogens (primary N) is 1. The Morgan fingerprint density at radius 1 is 1.50 bits per heavy atom. The van der Waals surface area contributed by atoms with Gasteiger partial charge in [-0.1, -0.05) is 20.8 Å². The summed E-state index contributed by atoms with van der Waals surface area (Å²) < 4.78 is 0. The third kappa shape index (κ3) is 2.98. The van der Waals surface area contributed by atoms with Crippen molar-refractivity contribution in [2.45, 2.75) is 39.7 Å². The van der Waals surface area contributed by atoms with E-state index in [9.17, 15) is 0 Å². The third-order valence-corrected chi connectivity index (χ3v) is 3.31. The quantitative estimate of drug-likeness (QED) is 0.797. The minimum atomic E-state index is -0.0237. The summed E-state index contributed by atoms with van der Waals surface area (Å²) in [5.41, 5.74) is 5.60. The summed E-state index contributed by atoms with van der Waals surface area (Å²) in [6.07, 6.45) is 0.992. The van der Waals surface area contributed by atoms with Gasteiger partial charge >= 0.3 is 0 Å². The van der Waals surface area contributed by atoms with Gasteiger partial charge in [0.25, 0.3) is 0 Å². The molecule has 1 atom stereocenters. The van der Waals surface area contributed by atoms with Gasteiger partial charge in [0.15, 0.2) is 0 Å². The van der Waals surface area contributed by atoms with Crippen molar-refractivity contribution in [3.8, 4) is 0 Å². The van der Waals surface area contributed by atoms with Crippen molar-refractivity contribution in [3.63, 3.8) is 0 Å². The molecular weight excluding hydrogens is 224 g/mol. The van der Waals surface area contributed by atoms with E-state index in [4.69, 9.17) is 17.3 Å². The molecule has 0 fully saturated rings. The van der Waals surface area contributed by atoms with Crippen molar-refractivity contribution < 1.29 is 0 Å². The average Bonchev–Trinajstić information content (AvgIpc) is 2.15. The number of aromatic nitrogens is 2. The first-order chi connectivity index (χ1) is 7.37. The van der Waals surface area contributed by atoms with Gasteiger partial charge in [0.05, 0.1) is 0 Å².